The zero-order valence-corrected chi connectivity index (χ0v) is 14.3. The van der Waals surface area contributed by atoms with Gasteiger partial charge in [0.2, 0.25) is 0 Å². The Bertz CT molecular complexity index is 415. The number of nitrogens with one attached hydrogen (secondary N) is 1. The summed E-state index contributed by atoms with van der Waals surface area (Å²) in [6, 6.07) is 4.98. The number of thiophene rings is 1. The van der Waals surface area contributed by atoms with Crippen LogP contribution >= 0.6 is 11.3 Å². The molecule has 0 aromatic carbocycles. The highest BCUT2D eigenvalue weighted by atomic mass is 32.1. The average molecular weight is 295 g/mol. The largest absolute Gasteiger partial charge is 0.378 e. The Hall–Kier alpha value is -0.380. The maximum absolute atomic E-state index is 5.88. The minimum Gasteiger partial charge on any atom is -0.378 e. The molecule has 2 rings (SSSR count). The van der Waals surface area contributed by atoms with Gasteiger partial charge in [0.25, 0.3) is 0 Å². The fraction of sp³-hybridized carbons (Fsp3) is 0.765. The van der Waals surface area contributed by atoms with Gasteiger partial charge in [0, 0.05) is 34.9 Å². The zero-order chi connectivity index (χ0) is 14.8. The predicted molar refractivity (Wildman–Crippen MR) is 87.6 cm³/mol. The highest BCUT2D eigenvalue weighted by Gasteiger charge is 2.51. The van der Waals surface area contributed by atoms with Crippen LogP contribution in [-0.4, -0.2) is 25.3 Å². The summed E-state index contributed by atoms with van der Waals surface area (Å²) < 4.78 is 5.88. The molecule has 1 aromatic heterocycles. The SMILES string of the molecule is CCOC1CC(NCC(C)(C)c2cccs2)C1(C)CC. The van der Waals surface area contributed by atoms with E-state index in [4.69, 9.17) is 4.74 Å². The maximum atomic E-state index is 5.88. The van der Waals surface area contributed by atoms with Gasteiger partial charge in [-0.2, -0.15) is 0 Å². The zero-order valence-electron chi connectivity index (χ0n) is 13.5. The summed E-state index contributed by atoms with van der Waals surface area (Å²) in [7, 11) is 0. The lowest BCUT2D eigenvalue weighted by Crippen LogP contribution is -2.63. The van der Waals surface area contributed by atoms with Crippen molar-refractivity contribution in [1.29, 1.82) is 0 Å². The Morgan fingerprint density at radius 1 is 1.45 bits per heavy atom. The normalized spacial score (nSPS) is 30.2. The average Bonchev–Trinajstić information content (AvgIpc) is 2.95. The van der Waals surface area contributed by atoms with Crippen molar-refractivity contribution in [2.45, 2.75) is 65.0 Å². The quantitative estimate of drug-likeness (QED) is 0.813. The fourth-order valence-electron chi connectivity index (χ4n) is 3.20. The Labute approximate surface area is 127 Å². The van der Waals surface area contributed by atoms with Crippen LogP contribution in [0.4, 0.5) is 0 Å². The van der Waals surface area contributed by atoms with Gasteiger partial charge in [-0.05, 0) is 31.2 Å². The van der Waals surface area contributed by atoms with E-state index in [2.05, 4.69) is 57.4 Å². The van der Waals surface area contributed by atoms with E-state index in [0.29, 0.717) is 17.6 Å². The lowest BCUT2D eigenvalue weighted by Gasteiger charge is -2.54. The van der Waals surface area contributed by atoms with E-state index in [9.17, 15) is 0 Å². The molecule has 0 saturated heterocycles. The topological polar surface area (TPSA) is 21.3 Å². The molecule has 114 valence electrons. The Kier molecular flexibility index (Phi) is 4.93. The molecule has 0 aliphatic heterocycles. The summed E-state index contributed by atoms with van der Waals surface area (Å²) in [6.07, 6.45) is 2.76. The monoisotopic (exact) mass is 295 g/mol. The lowest BCUT2D eigenvalue weighted by molar-refractivity contribution is -0.126. The van der Waals surface area contributed by atoms with Crippen LogP contribution in [0.3, 0.4) is 0 Å². The van der Waals surface area contributed by atoms with Gasteiger partial charge in [0.1, 0.15) is 0 Å². The molecule has 2 nitrogen and oxygen atoms in total. The molecule has 0 radical (unpaired) electrons. The van der Waals surface area contributed by atoms with Gasteiger partial charge in [0.15, 0.2) is 0 Å². The van der Waals surface area contributed by atoms with Crippen molar-refractivity contribution in [3.63, 3.8) is 0 Å². The molecule has 0 amide bonds. The first-order valence-corrected chi connectivity index (χ1v) is 8.71. The van der Waals surface area contributed by atoms with E-state index < -0.39 is 0 Å². The molecule has 1 saturated carbocycles. The first-order valence-electron chi connectivity index (χ1n) is 7.83. The van der Waals surface area contributed by atoms with Crippen molar-refractivity contribution < 1.29 is 4.74 Å². The molecule has 1 aromatic rings. The Morgan fingerprint density at radius 2 is 2.20 bits per heavy atom. The van der Waals surface area contributed by atoms with Crippen LogP contribution < -0.4 is 5.32 Å². The summed E-state index contributed by atoms with van der Waals surface area (Å²) in [5, 5.41) is 5.97. The lowest BCUT2D eigenvalue weighted by atomic mass is 9.61. The van der Waals surface area contributed by atoms with E-state index >= 15 is 0 Å². The summed E-state index contributed by atoms with van der Waals surface area (Å²) >= 11 is 1.86. The predicted octanol–water partition coefficient (Wildman–Crippen LogP) is 4.21. The van der Waals surface area contributed by atoms with Crippen LogP contribution in [0.15, 0.2) is 17.5 Å². The Balaban J connectivity index is 1.92. The van der Waals surface area contributed by atoms with E-state index in [0.717, 1.165) is 19.6 Å². The minimum atomic E-state index is 0.208. The fourth-order valence-corrected chi connectivity index (χ4v) is 4.05. The summed E-state index contributed by atoms with van der Waals surface area (Å²) in [6.45, 7) is 13.3. The van der Waals surface area contributed by atoms with Gasteiger partial charge in [-0.3, -0.25) is 0 Å². The van der Waals surface area contributed by atoms with Gasteiger partial charge in [-0.15, -0.1) is 11.3 Å². The van der Waals surface area contributed by atoms with Crippen molar-refractivity contribution >= 4 is 11.3 Å². The molecule has 1 fully saturated rings. The first kappa shape index (κ1) is 16.0. The number of ether oxygens (including phenoxy) is 1. The molecular formula is C17H29NOS. The van der Waals surface area contributed by atoms with Crippen LogP contribution in [0.5, 0.6) is 0 Å². The van der Waals surface area contributed by atoms with E-state index in [1.54, 1.807) is 0 Å². The van der Waals surface area contributed by atoms with Gasteiger partial charge in [-0.1, -0.05) is 33.8 Å². The van der Waals surface area contributed by atoms with Crippen molar-refractivity contribution in [3.8, 4) is 0 Å². The molecule has 0 spiro atoms. The van der Waals surface area contributed by atoms with Crippen LogP contribution in [0.25, 0.3) is 0 Å². The summed E-state index contributed by atoms with van der Waals surface area (Å²) in [5.41, 5.74) is 0.501. The number of hydrogen-bond acceptors (Lipinski definition) is 3. The second kappa shape index (κ2) is 6.17. The molecule has 20 heavy (non-hydrogen) atoms. The van der Waals surface area contributed by atoms with Crippen LogP contribution in [0, 0.1) is 5.41 Å². The molecule has 1 aliphatic rings. The third kappa shape index (κ3) is 2.95. The molecule has 1 N–H and O–H groups in total. The highest BCUT2D eigenvalue weighted by molar-refractivity contribution is 7.10. The van der Waals surface area contributed by atoms with Crippen molar-refractivity contribution in [1.82, 2.24) is 5.32 Å². The van der Waals surface area contributed by atoms with Crippen LogP contribution in [0.1, 0.15) is 52.3 Å². The van der Waals surface area contributed by atoms with Crippen molar-refractivity contribution in [2.24, 2.45) is 5.41 Å². The third-order valence-corrected chi connectivity index (χ3v) is 6.33. The summed E-state index contributed by atoms with van der Waals surface area (Å²) in [5.74, 6) is 0. The van der Waals surface area contributed by atoms with Crippen molar-refractivity contribution in [3.05, 3.63) is 22.4 Å². The molecule has 3 heteroatoms. The van der Waals surface area contributed by atoms with Crippen molar-refractivity contribution in [2.75, 3.05) is 13.2 Å². The smallest absolute Gasteiger partial charge is 0.0658 e. The standard InChI is InChI=1S/C17H29NOS/c1-6-17(5)13(11-14(17)19-7-2)18-12-16(3,4)15-9-8-10-20-15/h8-10,13-14,18H,6-7,11-12H2,1-5H3. The van der Waals surface area contributed by atoms with Gasteiger partial charge in [0.05, 0.1) is 6.10 Å². The molecular weight excluding hydrogens is 266 g/mol. The highest BCUT2D eigenvalue weighted by Crippen LogP contribution is 2.46. The van der Waals surface area contributed by atoms with Crippen LogP contribution in [-0.2, 0) is 10.2 Å². The molecule has 0 bridgehead atoms. The van der Waals surface area contributed by atoms with E-state index in [1.807, 2.05) is 11.3 Å². The number of rotatable bonds is 7. The van der Waals surface area contributed by atoms with Gasteiger partial charge < -0.3 is 10.1 Å². The van der Waals surface area contributed by atoms with Crippen LogP contribution in [0.2, 0.25) is 0 Å². The number of hydrogen-bond donors (Lipinski definition) is 1. The second-order valence-corrected chi connectivity index (χ2v) is 7.78. The van der Waals surface area contributed by atoms with Gasteiger partial charge in [-0.25, -0.2) is 0 Å². The van der Waals surface area contributed by atoms with Gasteiger partial charge >= 0.3 is 0 Å². The van der Waals surface area contributed by atoms with E-state index in [1.165, 1.54) is 11.3 Å². The molecule has 1 aliphatic carbocycles. The molecule has 3 unspecified atom stereocenters. The van der Waals surface area contributed by atoms with E-state index in [-0.39, 0.29) is 5.41 Å². The summed E-state index contributed by atoms with van der Waals surface area (Å²) in [4.78, 5) is 1.46. The first-order chi connectivity index (χ1) is 9.44. The molecule has 1 heterocycles. The molecule has 3 atom stereocenters. The minimum absolute atomic E-state index is 0.208. The maximum Gasteiger partial charge on any atom is 0.0658 e. The Morgan fingerprint density at radius 3 is 2.75 bits per heavy atom. The third-order valence-electron chi connectivity index (χ3n) is 5.09. The second-order valence-electron chi connectivity index (χ2n) is 6.83.